The molecule has 1 amide bonds. The summed E-state index contributed by atoms with van der Waals surface area (Å²) in [6.07, 6.45) is -0.114. The van der Waals surface area contributed by atoms with E-state index in [2.05, 4.69) is 10.4 Å². The number of nitro groups is 1. The lowest BCUT2D eigenvalue weighted by Gasteiger charge is -2.01. The molecular formula is C6H6N4O4. The van der Waals surface area contributed by atoms with Crippen LogP contribution < -0.4 is 10.9 Å². The van der Waals surface area contributed by atoms with Crippen molar-refractivity contribution in [2.45, 2.75) is 0 Å². The van der Waals surface area contributed by atoms with Crippen molar-refractivity contribution in [1.82, 2.24) is 10.4 Å². The maximum Gasteiger partial charge on any atom is 0.423 e. The summed E-state index contributed by atoms with van der Waals surface area (Å²) in [5.41, 5.74) is 4.46. The van der Waals surface area contributed by atoms with E-state index in [9.17, 15) is 14.9 Å². The fourth-order valence-corrected chi connectivity index (χ4v) is 0.694. The van der Waals surface area contributed by atoms with Gasteiger partial charge in [-0.2, -0.15) is 0 Å². The SMILES string of the molecule is O=C(O)NNc1ccc([N+](=O)[O-])nc1. The molecule has 3 N–H and O–H groups in total. The number of carboxylic acid groups (broad SMARTS) is 1. The van der Waals surface area contributed by atoms with E-state index in [0.29, 0.717) is 5.69 Å². The van der Waals surface area contributed by atoms with E-state index in [0.717, 1.165) is 12.3 Å². The topological polar surface area (TPSA) is 117 Å². The Kier molecular flexibility index (Phi) is 2.79. The molecule has 0 aliphatic heterocycles. The number of amides is 1. The summed E-state index contributed by atoms with van der Waals surface area (Å²) < 4.78 is 0. The number of carbonyl (C=O) groups is 1. The average Bonchev–Trinajstić information content (AvgIpc) is 2.15. The van der Waals surface area contributed by atoms with Crippen LogP contribution >= 0.6 is 0 Å². The summed E-state index contributed by atoms with van der Waals surface area (Å²) in [4.78, 5) is 23.1. The Morgan fingerprint density at radius 1 is 1.57 bits per heavy atom. The summed E-state index contributed by atoms with van der Waals surface area (Å²) in [6.45, 7) is 0. The first kappa shape index (κ1) is 9.71. The van der Waals surface area contributed by atoms with Crippen molar-refractivity contribution in [3.05, 3.63) is 28.4 Å². The zero-order valence-electron chi connectivity index (χ0n) is 6.80. The monoisotopic (exact) mass is 198 g/mol. The van der Waals surface area contributed by atoms with Gasteiger partial charge in [-0.05, 0) is 16.0 Å². The molecule has 0 unspecified atom stereocenters. The Balaban J connectivity index is 2.64. The van der Waals surface area contributed by atoms with Gasteiger partial charge in [-0.15, -0.1) is 0 Å². The molecule has 74 valence electrons. The molecule has 14 heavy (non-hydrogen) atoms. The largest absolute Gasteiger partial charge is 0.464 e. The first-order valence-electron chi connectivity index (χ1n) is 3.45. The summed E-state index contributed by atoms with van der Waals surface area (Å²) in [7, 11) is 0. The average molecular weight is 198 g/mol. The van der Waals surface area contributed by atoms with Crippen molar-refractivity contribution in [3.8, 4) is 0 Å². The second kappa shape index (κ2) is 4.03. The van der Waals surface area contributed by atoms with Gasteiger partial charge in [0.25, 0.3) is 0 Å². The highest BCUT2D eigenvalue weighted by Crippen LogP contribution is 2.09. The lowest BCUT2D eigenvalue weighted by Crippen LogP contribution is -2.27. The van der Waals surface area contributed by atoms with Crippen LogP contribution in [0.2, 0.25) is 0 Å². The standard InChI is InChI=1S/C6H6N4O4/c11-6(12)9-8-4-1-2-5(7-3-4)10(13)14/h1-3,8-9H,(H,11,12). The van der Waals surface area contributed by atoms with Crippen LogP contribution in [0.3, 0.4) is 0 Å². The van der Waals surface area contributed by atoms with E-state index in [1.807, 2.05) is 5.43 Å². The Hall–Kier alpha value is -2.38. The highest BCUT2D eigenvalue weighted by Gasteiger charge is 2.05. The molecule has 8 nitrogen and oxygen atoms in total. The van der Waals surface area contributed by atoms with E-state index < -0.39 is 11.0 Å². The van der Waals surface area contributed by atoms with Crippen LogP contribution in [0.25, 0.3) is 0 Å². The molecule has 8 heteroatoms. The van der Waals surface area contributed by atoms with Crippen LogP contribution in [-0.4, -0.2) is 21.1 Å². The Bertz CT molecular complexity index is 349. The van der Waals surface area contributed by atoms with Crippen LogP contribution in [0.15, 0.2) is 18.3 Å². The minimum atomic E-state index is -1.26. The Morgan fingerprint density at radius 3 is 2.71 bits per heavy atom. The van der Waals surface area contributed by atoms with Crippen molar-refractivity contribution < 1.29 is 14.8 Å². The van der Waals surface area contributed by atoms with Gasteiger partial charge in [0.1, 0.15) is 0 Å². The minimum Gasteiger partial charge on any atom is -0.464 e. The van der Waals surface area contributed by atoms with Gasteiger partial charge in [-0.3, -0.25) is 5.43 Å². The molecule has 0 aliphatic rings. The van der Waals surface area contributed by atoms with Crippen LogP contribution in [0.5, 0.6) is 0 Å². The van der Waals surface area contributed by atoms with Crippen molar-refractivity contribution in [1.29, 1.82) is 0 Å². The fraction of sp³-hybridized carbons (Fsp3) is 0. The molecule has 1 rings (SSSR count). The molecule has 0 spiro atoms. The number of nitrogens with one attached hydrogen (secondary N) is 2. The molecule has 0 radical (unpaired) electrons. The second-order valence-corrected chi connectivity index (χ2v) is 2.22. The third kappa shape index (κ3) is 2.59. The van der Waals surface area contributed by atoms with Gasteiger partial charge in [0.2, 0.25) is 0 Å². The van der Waals surface area contributed by atoms with E-state index in [4.69, 9.17) is 5.11 Å². The van der Waals surface area contributed by atoms with E-state index in [1.165, 1.54) is 6.07 Å². The Labute approximate surface area is 77.7 Å². The quantitative estimate of drug-likeness (QED) is 0.483. The molecule has 0 bridgehead atoms. The molecular weight excluding hydrogens is 192 g/mol. The third-order valence-electron chi connectivity index (χ3n) is 1.25. The number of nitrogens with zero attached hydrogens (tertiary/aromatic N) is 2. The second-order valence-electron chi connectivity index (χ2n) is 2.22. The normalized spacial score (nSPS) is 9.14. The van der Waals surface area contributed by atoms with Gasteiger partial charge in [0.15, 0.2) is 6.20 Å². The zero-order chi connectivity index (χ0) is 10.6. The summed E-state index contributed by atoms with van der Waals surface area (Å²) in [5.74, 6) is -0.300. The smallest absolute Gasteiger partial charge is 0.423 e. The van der Waals surface area contributed by atoms with E-state index in [-0.39, 0.29) is 5.82 Å². The first-order valence-corrected chi connectivity index (χ1v) is 3.45. The number of aromatic nitrogens is 1. The maximum atomic E-state index is 10.2. The number of hydrazine groups is 1. The number of rotatable bonds is 3. The van der Waals surface area contributed by atoms with Gasteiger partial charge in [0, 0.05) is 6.07 Å². The number of pyridine rings is 1. The predicted octanol–water partition coefficient (Wildman–Crippen LogP) is 0.584. The number of hydrogen-bond donors (Lipinski definition) is 3. The van der Waals surface area contributed by atoms with Crippen molar-refractivity contribution in [2.24, 2.45) is 0 Å². The molecule has 0 fully saturated rings. The summed E-state index contributed by atoms with van der Waals surface area (Å²) in [5, 5.41) is 18.4. The van der Waals surface area contributed by atoms with Gasteiger partial charge in [0.05, 0.1) is 5.69 Å². The maximum absolute atomic E-state index is 10.2. The summed E-state index contributed by atoms with van der Waals surface area (Å²) >= 11 is 0. The third-order valence-corrected chi connectivity index (χ3v) is 1.25. The molecule has 1 heterocycles. The fourth-order valence-electron chi connectivity index (χ4n) is 0.694. The highest BCUT2D eigenvalue weighted by molar-refractivity contribution is 5.66. The van der Waals surface area contributed by atoms with Gasteiger partial charge in [-0.25, -0.2) is 10.2 Å². The number of anilines is 1. The zero-order valence-corrected chi connectivity index (χ0v) is 6.80. The predicted molar refractivity (Wildman–Crippen MR) is 45.7 cm³/mol. The molecule has 0 saturated heterocycles. The number of hydrogen-bond acceptors (Lipinski definition) is 5. The van der Waals surface area contributed by atoms with Crippen molar-refractivity contribution in [3.63, 3.8) is 0 Å². The molecule has 0 aliphatic carbocycles. The molecule has 0 atom stereocenters. The van der Waals surface area contributed by atoms with Crippen LogP contribution in [0.1, 0.15) is 0 Å². The molecule has 0 saturated carbocycles. The Morgan fingerprint density at radius 2 is 2.29 bits per heavy atom. The molecule has 1 aromatic heterocycles. The summed E-state index contributed by atoms with van der Waals surface area (Å²) in [6, 6.07) is 2.49. The van der Waals surface area contributed by atoms with E-state index >= 15 is 0 Å². The van der Waals surface area contributed by atoms with Crippen LogP contribution in [0.4, 0.5) is 16.3 Å². The van der Waals surface area contributed by atoms with Gasteiger partial charge < -0.3 is 15.2 Å². The van der Waals surface area contributed by atoms with Crippen LogP contribution in [-0.2, 0) is 0 Å². The minimum absolute atomic E-state index is 0.300. The van der Waals surface area contributed by atoms with Crippen molar-refractivity contribution in [2.75, 3.05) is 5.43 Å². The molecule has 1 aromatic rings. The van der Waals surface area contributed by atoms with Gasteiger partial charge >= 0.3 is 11.9 Å². The van der Waals surface area contributed by atoms with Gasteiger partial charge in [-0.1, -0.05) is 0 Å². The lowest BCUT2D eigenvalue weighted by molar-refractivity contribution is -0.389. The van der Waals surface area contributed by atoms with E-state index in [1.54, 1.807) is 0 Å². The lowest BCUT2D eigenvalue weighted by atomic mass is 10.4. The van der Waals surface area contributed by atoms with Crippen LogP contribution in [0, 0.1) is 10.1 Å². The molecule has 0 aromatic carbocycles. The first-order chi connectivity index (χ1) is 6.59. The highest BCUT2D eigenvalue weighted by atomic mass is 16.6. The van der Waals surface area contributed by atoms with Crippen molar-refractivity contribution >= 4 is 17.6 Å².